The number of β-amino-alcohol motifs (C(OH)–C–C–N with tert-alkyl or cyclic N) is 1. The molecule has 0 bridgehead atoms. The first-order chi connectivity index (χ1) is 8.86. The van der Waals surface area contributed by atoms with Crippen molar-refractivity contribution >= 4 is 16.0 Å². The lowest BCUT2D eigenvalue weighted by Gasteiger charge is -2.20. The lowest BCUT2D eigenvalue weighted by molar-refractivity contribution is -0.144. The third-order valence-corrected chi connectivity index (χ3v) is 4.72. The lowest BCUT2D eigenvalue weighted by atomic mass is 10.2. The van der Waals surface area contributed by atoms with Gasteiger partial charge in [-0.05, 0) is 0 Å². The maximum Gasteiger partial charge on any atom is 0.324 e. The third kappa shape index (κ3) is 2.48. The number of carbonyl (C=O) groups excluding carboxylic acids is 1. The van der Waals surface area contributed by atoms with Crippen LogP contribution in [-0.4, -0.2) is 59.2 Å². The molecule has 1 aliphatic rings. The third-order valence-electron chi connectivity index (χ3n) is 2.96. The van der Waals surface area contributed by atoms with Gasteiger partial charge in [0.25, 0.3) is 10.0 Å². The quantitative estimate of drug-likeness (QED) is 0.695. The molecule has 0 aromatic carbocycles. The van der Waals surface area contributed by atoms with Crippen LogP contribution in [0.5, 0.6) is 0 Å². The normalized spacial score (nSPS) is 24.6. The summed E-state index contributed by atoms with van der Waals surface area (Å²) in [5.74, 6) is -0.684. The number of aliphatic hydroxyl groups is 1. The lowest BCUT2D eigenvalue weighted by Crippen LogP contribution is -2.41. The molecule has 9 heteroatoms. The van der Waals surface area contributed by atoms with Gasteiger partial charge in [-0.15, -0.1) is 0 Å². The standard InChI is InChI=1S/C10H15N3O5S/c1-12-5-9(11-6-12)19(16,17)13-4-7(14)3-8(13)10(15)18-2/h5-8,14H,3-4H2,1-2H3. The highest BCUT2D eigenvalue weighted by molar-refractivity contribution is 7.89. The van der Waals surface area contributed by atoms with Gasteiger partial charge in [-0.1, -0.05) is 0 Å². The fourth-order valence-corrected chi connectivity index (χ4v) is 3.64. The maximum absolute atomic E-state index is 12.4. The summed E-state index contributed by atoms with van der Waals surface area (Å²) in [5.41, 5.74) is 0. The molecule has 19 heavy (non-hydrogen) atoms. The van der Waals surface area contributed by atoms with Gasteiger partial charge in [-0.2, -0.15) is 4.31 Å². The molecule has 0 saturated carbocycles. The van der Waals surface area contributed by atoms with Crippen molar-refractivity contribution in [3.05, 3.63) is 12.5 Å². The summed E-state index contributed by atoms with van der Waals surface area (Å²) in [4.78, 5) is 15.4. The van der Waals surface area contributed by atoms with Crippen LogP contribution < -0.4 is 0 Å². The van der Waals surface area contributed by atoms with Crippen molar-refractivity contribution in [2.45, 2.75) is 23.6 Å². The predicted octanol–water partition coefficient (Wildman–Crippen LogP) is -1.28. The van der Waals surface area contributed by atoms with Crippen LogP contribution in [-0.2, 0) is 26.6 Å². The Labute approximate surface area is 110 Å². The van der Waals surface area contributed by atoms with Gasteiger partial charge >= 0.3 is 5.97 Å². The van der Waals surface area contributed by atoms with Crippen molar-refractivity contribution in [1.29, 1.82) is 0 Å². The summed E-state index contributed by atoms with van der Waals surface area (Å²) in [6.45, 7) is -0.140. The smallest absolute Gasteiger partial charge is 0.324 e. The number of nitrogens with zero attached hydrogens (tertiary/aromatic N) is 3. The van der Waals surface area contributed by atoms with Crippen LogP contribution in [0.2, 0.25) is 0 Å². The number of methoxy groups -OCH3 is 1. The molecular weight excluding hydrogens is 274 g/mol. The molecule has 2 rings (SSSR count). The summed E-state index contributed by atoms with van der Waals surface area (Å²) in [6.07, 6.45) is 1.84. The van der Waals surface area contributed by atoms with E-state index < -0.39 is 28.1 Å². The van der Waals surface area contributed by atoms with Gasteiger partial charge in [0.15, 0.2) is 5.03 Å². The monoisotopic (exact) mass is 289 g/mol. The minimum atomic E-state index is -3.91. The fourth-order valence-electron chi connectivity index (χ4n) is 2.04. The van der Waals surface area contributed by atoms with E-state index in [0.29, 0.717) is 0 Å². The number of aromatic nitrogens is 2. The van der Waals surface area contributed by atoms with Gasteiger partial charge in [0, 0.05) is 26.2 Å². The molecule has 2 heterocycles. The van der Waals surface area contributed by atoms with Crippen LogP contribution in [0, 0.1) is 0 Å². The van der Waals surface area contributed by atoms with E-state index in [-0.39, 0.29) is 18.0 Å². The average Bonchev–Trinajstić information content (AvgIpc) is 2.95. The first kappa shape index (κ1) is 14.0. The van der Waals surface area contributed by atoms with E-state index >= 15 is 0 Å². The molecule has 0 amide bonds. The van der Waals surface area contributed by atoms with Crippen LogP contribution in [0.15, 0.2) is 17.6 Å². The highest BCUT2D eigenvalue weighted by Gasteiger charge is 2.44. The number of carbonyl (C=O) groups is 1. The van der Waals surface area contributed by atoms with Crippen LogP contribution in [0.3, 0.4) is 0 Å². The van der Waals surface area contributed by atoms with Crippen LogP contribution in [0.25, 0.3) is 0 Å². The Kier molecular flexibility index (Phi) is 3.61. The van der Waals surface area contributed by atoms with Crippen molar-refractivity contribution in [2.75, 3.05) is 13.7 Å². The zero-order valence-corrected chi connectivity index (χ0v) is 11.4. The van der Waals surface area contributed by atoms with Crippen molar-refractivity contribution in [3.8, 4) is 0 Å². The number of hydrogen-bond acceptors (Lipinski definition) is 6. The number of rotatable bonds is 3. The molecule has 0 spiro atoms. The second-order valence-corrected chi connectivity index (χ2v) is 6.22. The minimum Gasteiger partial charge on any atom is -0.468 e. The number of aryl methyl sites for hydroxylation is 1. The minimum absolute atomic E-state index is 0.0265. The molecule has 106 valence electrons. The van der Waals surface area contributed by atoms with Gasteiger partial charge in [-0.3, -0.25) is 4.79 Å². The van der Waals surface area contributed by atoms with Crippen molar-refractivity contribution in [3.63, 3.8) is 0 Å². The molecule has 2 atom stereocenters. The Morgan fingerprint density at radius 3 is 2.79 bits per heavy atom. The van der Waals surface area contributed by atoms with Crippen LogP contribution in [0.4, 0.5) is 0 Å². The maximum atomic E-state index is 12.4. The Balaban J connectivity index is 2.36. The molecule has 0 aliphatic carbocycles. The number of ether oxygens (including phenoxy) is 1. The average molecular weight is 289 g/mol. The fraction of sp³-hybridized carbons (Fsp3) is 0.600. The first-order valence-corrected chi connectivity index (χ1v) is 7.06. The molecule has 1 aliphatic heterocycles. The second-order valence-electron chi connectivity index (χ2n) is 4.38. The van der Waals surface area contributed by atoms with Gasteiger partial charge in [0.05, 0.1) is 19.5 Å². The Bertz CT molecular complexity index is 582. The van der Waals surface area contributed by atoms with Crippen molar-refractivity contribution in [2.24, 2.45) is 7.05 Å². The van der Waals surface area contributed by atoms with E-state index in [0.717, 1.165) is 4.31 Å². The Morgan fingerprint density at radius 1 is 1.58 bits per heavy atom. The van der Waals surface area contributed by atoms with Gasteiger partial charge in [0.2, 0.25) is 0 Å². The van der Waals surface area contributed by atoms with E-state index in [2.05, 4.69) is 9.72 Å². The predicted molar refractivity (Wildman–Crippen MR) is 63.5 cm³/mol. The number of aliphatic hydroxyl groups excluding tert-OH is 1. The zero-order chi connectivity index (χ0) is 14.2. The van der Waals surface area contributed by atoms with E-state index in [4.69, 9.17) is 0 Å². The van der Waals surface area contributed by atoms with E-state index in [1.165, 1.54) is 24.2 Å². The van der Waals surface area contributed by atoms with Crippen molar-refractivity contribution < 1.29 is 23.1 Å². The molecule has 8 nitrogen and oxygen atoms in total. The number of sulfonamides is 1. The van der Waals surface area contributed by atoms with E-state index in [9.17, 15) is 18.3 Å². The molecule has 0 radical (unpaired) electrons. The second kappa shape index (κ2) is 4.91. The van der Waals surface area contributed by atoms with Gasteiger partial charge in [-0.25, -0.2) is 13.4 Å². The number of imidazole rings is 1. The molecule has 1 saturated heterocycles. The molecule has 2 unspecified atom stereocenters. The molecular formula is C10H15N3O5S. The van der Waals surface area contributed by atoms with Crippen molar-refractivity contribution in [1.82, 2.24) is 13.9 Å². The molecule has 1 fully saturated rings. The first-order valence-electron chi connectivity index (χ1n) is 5.62. The summed E-state index contributed by atoms with van der Waals surface area (Å²) < 4.78 is 31.7. The highest BCUT2D eigenvalue weighted by atomic mass is 32.2. The van der Waals surface area contributed by atoms with E-state index in [1.54, 1.807) is 7.05 Å². The highest BCUT2D eigenvalue weighted by Crippen LogP contribution is 2.26. The molecule has 1 aromatic rings. The molecule has 1 aromatic heterocycles. The molecule has 1 N–H and O–H groups in total. The van der Waals surface area contributed by atoms with E-state index in [1.807, 2.05) is 0 Å². The number of hydrogen-bond donors (Lipinski definition) is 1. The zero-order valence-electron chi connectivity index (χ0n) is 10.6. The van der Waals surface area contributed by atoms with Crippen LogP contribution in [0.1, 0.15) is 6.42 Å². The summed E-state index contributed by atoms with van der Waals surface area (Å²) >= 11 is 0. The van der Waals surface area contributed by atoms with Gasteiger partial charge in [0.1, 0.15) is 6.04 Å². The van der Waals surface area contributed by atoms with Gasteiger partial charge < -0.3 is 14.4 Å². The number of esters is 1. The Hall–Kier alpha value is -1.45. The van der Waals surface area contributed by atoms with Crippen LogP contribution >= 0.6 is 0 Å². The SMILES string of the molecule is COC(=O)C1CC(O)CN1S(=O)(=O)c1cn(C)cn1. The largest absolute Gasteiger partial charge is 0.468 e. The summed E-state index contributed by atoms with van der Waals surface area (Å²) in [7, 11) is -1.09. The summed E-state index contributed by atoms with van der Waals surface area (Å²) in [5, 5.41) is 9.44. The topological polar surface area (TPSA) is 102 Å². The summed E-state index contributed by atoms with van der Waals surface area (Å²) in [6, 6.07) is -1.01. The Morgan fingerprint density at radius 2 is 2.26 bits per heavy atom.